The first-order chi connectivity index (χ1) is 14.1. The van der Waals surface area contributed by atoms with Crippen molar-refractivity contribution in [3.05, 3.63) is 71.0 Å². The van der Waals surface area contributed by atoms with Gasteiger partial charge in [0.15, 0.2) is 5.72 Å². The summed E-state index contributed by atoms with van der Waals surface area (Å²) < 4.78 is 20.4. The minimum atomic E-state index is -1.09. The topological polar surface area (TPSA) is 49.8 Å². The lowest BCUT2D eigenvalue weighted by molar-refractivity contribution is -0.144. The van der Waals surface area contributed by atoms with Crippen molar-refractivity contribution >= 4 is 5.91 Å². The Bertz CT molecular complexity index is 869. The maximum atomic E-state index is 13.7. The number of benzene rings is 2. The zero-order valence-electron chi connectivity index (χ0n) is 16.8. The van der Waals surface area contributed by atoms with Crippen LogP contribution in [0.15, 0.2) is 48.5 Å². The predicted molar refractivity (Wildman–Crippen MR) is 109 cm³/mol. The van der Waals surface area contributed by atoms with Gasteiger partial charge in [-0.2, -0.15) is 0 Å². The molecular formula is C24H28FNO3. The molecule has 0 radical (unpaired) electrons. The van der Waals surface area contributed by atoms with Gasteiger partial charge in [-0.15, -0.1) is 0 Å². The third kappa shape index (κ3) is 3.58. The number of rotatable bonds is 7. The van der Waals surface area contributed by atoms with Crippen molar-refractivity contribution in [2.75, 3.05) is 6.54 Å². The van der Waals surface area contributed by atoms with Crippen LogP contribution in [0.4, 0.5) is 4.39 Å². The van der Waals surface area contributed by atoms with Gasteiger partial charge in [-0.25, -0.2) is 4.39 Å². The van der Waals surface area contributed by atoms with Crippen molar-refractivity contribution in [3.8, 4) is 0 Å². The summed E-state index contributed by atoms with van der Waals surface area (Å²) in [5.41, 5.74) is 1.08. The number of ether oxygens (including phenoxy) is 1. The van der Waals surface area contributed by atoms with Crippen LogP contribution in [0.3, 0.4) is 0 Å². The first-order valence-electron chi connectivity index (χ1n) is 10.6. The molecule has 1 fully saturated rings. The van der Waals surface area contributed by atoms with E-state index in [2.05, 4.69) is 6.92 Å². The molecule has 0 saturated heterocycles. The number of hydrogen-bond donors (Lipinski definition) is 1. The molecule has 1 saturated carbocycles. The van der Waals surface area contributed by atoms with E-state index in [9.17, 15) is 14.3 Å². The van der Waals surface area contributed by atoms with Gasteiger partial charge in [0.2, 0.25) is 0 Å². The van der Waals surface area contributed by atoms with Crippen LogP contribution in [-0.2, 0) is 10.5 Å². The molecule has 0 bridgehead atoms. The summed E-state index contributed by atoms with van der Waals surface area (Å²) in [5.74, 6) is -0.380. The van der Waals surface area contributed by atoms with Crippen LogP contribution >= 0.6 is 0 Å². The first kappa shape index (κ1) is 20.0. The molecule has 4 nitrogen and oxygen atoms in total. The second kappa shape index (κ2) is 8.25. The van der Waals surface area contributed by atoms with Gasteiger partial charge in [0.25, 0.3) is 5.91 Å². The Morgan fingerprint density at radius 3 is 2.59 bits per heavy atom. The predicted octanol–water partition coefficient (Wildman–Crippen LogP) is 4.60. The van der Waals surface area contributed by atoms with Gasteiger partial charge in [-0.1, -0.05) is 50.1 Å². The van der Waals surface area contributed by atoms with Crippen LogP contribution < -0.4 is 0 Å². The van der Waals surface area contributed by atoms with Crippen molar-refractivity contribution < 1.29 is 19.0 Å². The van der Waals surface area contributed by atoms with Crippen LogP contribution in [0.5, 0.6) is 0 Å². The number of unbranched alkanes of at least 4 members (excludes halogenated alkanes) is 2. The monoisotopic (exact) mass is 397 g/mol. The summed E-state index contributed by atoms with van der Waals surface area (Å²) in [6.07, 6.45) is 4.36. The molecule has 2 aromatic carbocycles. The zero-order valence-corrected chi connectivity index (χ0v) is 16.8. The number of hydrogen-bond acceptors (Lipinski definition) is 3. The second-order valence-corrected chi connectivity index (χ2v) is 8.07. The summed E-state index contributed by atoms with van der Waals surface area (Å²) in [4.78, 5) is 15.2. The van der Waals surface area contributed by atoms with E-state index in [0.717, 1.165) is 36.8 Å². The molecule has 2 aliphatic rings. The summed E-state index contributed by atoms with van der Waals surface area (Å²) >= 11 is 0. The third-order valence-electron chi connectivity index (χ3n) is 6.06. The Morgan fingerprint density at radius 2 is 1.90 bits per heavy atom. The Balaban J connectivity index is 1.84. The standard InChI is InChI=1S/C24H28FNO3/c1-2-3-6-15-26-23(28)21-7-4-5-8-22(21)24(26,17-9-11-18(25)12-10-17)29-20-14-13-19(27)16-20/h4-5,7-12,19-20,27H,2-3,6,13-16H2,1H3. The minimum absolute atomic E-state index is 0.0560. The van der Waals surface area contributed by atoms with E-state index >= 15 is 0 Å². The van der Waals surface area contributed by atoms with Crippen LogP contribution in [0, 0.1) is 5.82 Å². The number of halogens is 1. The molecule has 3 atom stereocenters. The third-order valence-corrected chi connectivity index (χ3v) is 6.06. The maximum absolute atomic E-state index is 13.7. The fraction of sp³-hybridized carbons (Fsp3) is 0.458. The number of amides is 1. The van der Waals surface area contributed by atoms with E-state index in [1.165, 1.54) is 12.1 Å². The van der Waals surface area contributed by atoms with Crippen LogP contribution in [0.2, 0.25) is 0 Å². The molecule has 0 aromatic heterocycles. The highest BCUT2D eigenvalue weighted by Crippen LogP contribution is 2.47. The van der Waals surface area contributed by atoms with Crippen molar-refractivity contribution in [1.82, 2.24) is 4.90 Å². The van der Waals surface area contributed by atoms with Crippen molar-refractivity contribution in [1.29, 1.82) is 0 Å². The van der Waals surface area contributed by atoms with E-state index in [4.69, 9.17) is 4.74 Å². The lowest BCUT2D eigenvalue weighted by Crippen LogP contribution is -2.49. The highest BCUT2D eigenvalue weighted by molar-refractivity contribution is 6.00. The Kier molecular flexibility index (Phi) is 5.70. The lowest BCUT2D eigenvalue weighted by atomic mass is 9.92. The summed E-state index contributed by atoms with van der Waals surface area (Å²) in [6, 6.07) is 13.8. The van der Waals surface area contributed by atoms with Gasteiger partial charge in [0.05, 0.1) is 12.2 Å². The smallest absolute Gasteiger partial charge is 0.257 e. The van der Waals surface area contributed by atoms with E-state index in [-0.39, 0.29) is 23.9 Å². The fourth-order valence-electron chi connectivity index (χ4n) is 4.63. The number of aliphatic hydroxyl groups is 1. The van der Waals surface area contributed by atoms with Gasteiger partial charge < -0.3 is 14.7 Å². The molecule has 1 aliphatic heterocycles. The second-order valence-electron chi connectivity index (χ2n) is 8.07. The van der Waals surface area contributed by atoms with Gasteiger partial charge >= 0.3 is 0 Å². The molecule has 4 rings (SSSR count). The Morgan fingerprint density at radius 1 is 1.14 bits per heavy atom. The molecule has 1 heterocycles. The van der Waals surface area contributed by atoms with Crippen LogP contribution in [-0.4, -0.2) is 34.7 Å². The average Bonchev–Trinajstić information content (AvgIpc) is 3.24. The van der Waals surface area contributed by atoms with Gasteiger partial charge in [0, 0.05) is 23.2 Å². The normalized spacial score (nSPS) is 26.2. The lowest BCUT2D eigenvalue weighted by Gasteiger charge is -2.41. The molecule has 29 heavy (non-hydrogen) atoms. The van der Waals surface area contributed by atoms with Crippen LogP contribution in [0.25, 0.3) is 0 Å². The number of fused-ring (bicyclic) bond motifs is 1. The largest absolute Gasteiger partial charge is 0.393 e. The van der Waals surface area contributed by atoms with Crippen LogP contribution in [0.1, 0.15) is 66.9 Å². The minimum Gasteiger partial charge on any atom is -0.393 e. The number of aliphatic hydroxyl groups excluding tert-OH is 1. The molecule has 2 aromatic rings. The van der Waals surface area contributed by atoms with E-state index in [0.29, 0.717) is 24.9 Å². The number of nitrogens with zero attached hydrogens (tertiary/aromatic N) is 1. The van der Waals surface area contributed by atoms with E-state index in [1.807, 2.05) is 29.2 Å². The highest BCUT2D eigenvalue weighted by Gasteiger charge is 2.53. The average molecular weight is 397 g/mol. The SMILES string of the molecule is CCCCCN1C(=O)c2ccccc2C1(OC1CCC(O)C1)c1ccc(F)cc1. The van der Waals surface area contributed by atoms with Crippen molar-refractivity contribution in [2.24, 2.45) is 0 Å². The summed E-state index contributed by atoms with van der Waals surface area (Å²) in [5, 5.41) is 10.0. The number of carbonyl (C=O) groups excluding carboxylic acids is 1. The molecule has 3 unspecified atom stereocenters. The molecule has 1 aliphatic carbocycles. The van der Waals surface area contributed by atoms with E-state index < -0.39 is 5.72 Å². The summed E-state index contributed by atoms with van der Waals surface area (Å²) in [6.45, 7) is 2.69. The molecular weight excluding hydrogens is 369 g/mol. The molecule has 154 valence electrons. The molecule has 1 amide bonds. The number of carbonyl (C=O) groups is 1. The molecule has 0 spiro atoms. The van der Waals surface area contributed by atoms with Gasteiger partial charge in [0.1, 0.15) is 5.82 Å². The highest BCUT2D eigenvalue weighted by atomic mass is 19.1. The van der Waals surface area contributed by atoms with Gasteiger partial charge in [-0.05, 0) is 43.9 Å². The van der Waals surface area contributed by atoms with Crippen molar-refractivity contribution in [2.45, 2.75) is 63.4 Å². The fourth-order valence-corrected chi connectivity index (χ4v) is 4.63. The molecule has 1 N–H and O–H groups in total. The van der Waals surface area contributed by atoms with Gasteiger partial charge in [-0.3, -0.25) is 4.79 Å². The zero-order chi connectivity index (χ0) is 20.4. The van der Waals surface area contributed by atoms with E-state index in [1.54, 1.807) is 12.1 Å². The quantitative estimate of drug-likeness (QED) is 0.695. The van der Waals surface area contributed by atoms with Crippen molar-refractivity contribution in [3.63, 3.8) is 0 Å². The maximum Gasteiger partial charge on any atom is 0.257 e. The Labute approximate surface area is 171 Å². The summed E-state index contributed by atoms with van der Waals surface area (Å²) in [7, 11) is 0. The molecule has 5 heteroatoms. The first-order valence-corrected chi connectivity index (χ1v) is 10.6. The Hall–Kier alpha value is -2.24.